The lowest BCUT2D eigenvalue weighted by Gasteiger charge is -2.08. The molecule has 0 N–H and O–H groups in total. The second kappa shape index (κ2) is 5.41. The number of carbonyl (C=O) groups is 1. The minimum absolute atomic E-state index is 0.152. The van der Waals surface area contributed by atoms with Crippen LogP contribution in [0.2, 0.25) is 5.02 Å². The highest BCUT2D eigenvalue weighted by Gasteiger charge is 2.16. The maximum Gasteiger partial charge on any atom is 0.194 e. The van der Waals surface area contributed by atoms with Crippen LogP contribution >= 0.6 is 11.6 Å². The Morgan fingerprint density at radius 3 is 2.63 bits per heavy atom. The summed E-state index contributed by atoms with van der Waals surface area (Å²) in [6.45, 7) is 1.84. The van der Waals surface area contributed by atoms with Gasteiger partial charge in [0.2, 0.25) is 0 Å². The van der Waals surface area contributed by atoms with Crippen LogP contribution in [0.15, 0.2) is 36.4 Å². The zero-order chi connectivity index (χ0) is 14.0. The third-order valence-electron chi connectivity index (χ3n) is 2.85. The Bertz CT molecular complexity index is 638. The second-order valence-electron chi connectivity index (χ2n) is 4.11. The summed E-state index contributed by atoms with van der Waals surface area (Å²) >= 11 is 5.82. The fourth-order valence-electron chi connectivity index (χ4n) is 1.85. The van der Waals surface area contributed by atoms with E-state index in [0.29, 0.717) is 11.3 Å². The SMILES string of the molecule is COc1ccc(C(=O)c2cccc(F)c2Cl)cc1C. The number of ketones is 1. The first kappa shape index (κ1) is 13.6. The van der Waals surface area contributed by atoms with Gasteiger partial charge in [-0.1, -0.05) is 17.7 Å². The van der Waals surface area contributed by atoms with E-state index >= 15 is 0 Å². The topological polar surface area (TPSA) is 26.3 Å². The average molecular weight is 279 g/mol. The van der Waals surface area contributed by atoms with Crippen LogP contribution in [0.1, 0.15) is 21.5 Å². The van der Waals surface area contributed by atoms with Gasteiger partial charge in [-0.25, -0.2) is 4.39 Å². The van der Waals surface area contributed by atoms with Gasteiger partial charge in [0.15, 0.2) is 5.78 Å². The molecule has 0 spiro atoms. The molecular weight excluding hydrogens is 267 g/mol. The zero-order valence-electron chi connectivity index (χ0n) is 10.5. The van der Waals surface area contributed by atoms with Crippen molar-refractivity contribution in [3.8, 4) is 5.75 Å². The maximum absolute atomic E-state index is 13.3. The van der Waals surface area contributed by atoms with Crippen LogP contribution in [0.3, 0.4) is 0 Å². The van der Waals surface area contributed by atoms with Crippen molar-refractivity contribution in [2.45, 2.75) is 6.92 Å². The summed E-state index contributed by atoms with van der Waals surface area (Å²) in [6, 6.07) is 9.23. The average Bonchev–Trinajstić information content (AvgIpc) is 2.41. The molecule has 0 saturated carbocycles. The molecule has 0 bridgehead atoms. The van der Waals surface area contributed by atoms with Crippen LogP contribution < -0.4 is 4.74 Å². The number of hydrogen-bond acceptors (Lipinski definition) is 2. The van der Waals surface area contributed by atoms with Crippen molar-refractivity contribution in [2.75, 3.05) is 7.11 Å². The van der Waals surface area contributed by atoms with E-state index in [4.69, 9.17) is 16.3 Å². The number of hydrogen-bond donors (Lipinski definition) is 0. The molecule has 19 heavy (non-hydrogen) atoms. The van der Waals surface area contributed by atoms with Gasteiger partial charge in [-0.05, 0) is 42.8 Å². The third kappa shape index (κ3) is 2.61. The quantitative estimate of drug-likeness (QED) is 0.793. The van der Waals surface area contributed by atoms with E-state index in [1.165, 1.54) is 18.2 Å². The molecule has 2 rings (SSSR count). The predicted molar refractivity (Wildman–Crippen MR) is 72.6 cm³/mol. The van der Waals surface area contributed by atoms with Crippen LogP contribution in [-0.4, -0.2) is 12.9 Å². The normalized spacial score (nSPS) is 10.3. The minimum Gasteiger partial charge on any atom is -0.496 e. The zero-order valence-corrected chi connectivity index (χ0v) is 11.3. The number of ether oxygens (including phenoxy) is 1. The first-order chi connectivity index (χ1) is 9.04. The second-order valence-corrected chi connectivity index (χ2v) is 4.49. The van der Waals surface area contributed by atoms with Gasteiger partial charge in [0.25, 0.3) is 0 Å². The molecule has 0 aliphatic carbocycles. The van der Waals surface area contributed by atoms with Gasteiger partial charge < -0.3 is 4.74 Å². The molecule has 0 heterocycles. The summed E-state index contributed by atoms with van der Waals surface area (Å²) < 4.78 is 18.5. The minimum atomic E-state index is -0.599. The van der Waals surface area contributed by atoms with E-state index < -0.39 is 5.82 Å². The molecule has 0 radical (unpaired) electrons. The van der Waals surface area contributed by atoms with Crippen LogP contribution in [-0.2, 0) is 0 Å². The van der Waals surface area contributed by atoms with Crippen LogP contribution in [0.4, 0.5) is 4.39 Å². The highest BCUT2D eigenvalue weighted by Crippen LogP contribution is 2.25. The van der Waals surface area contributed by atoms with Crippen molar-refractivity contribution in [3.63, 3.8) is 0 Å². The number of methoxy groups -OCH3 is 1. The molecule has 2 aromatic rings. The lowest BCUT2D eigenvalue weighted by molar-refractivity contribution is 0.103. The summed E-state index contributed by atoms with van der Waals surface area (Å²) in [4.78, 5) is 12.3. The molecule has 0 atom stereocenters. The van der Waals surface area contributed by atoms with E-state index in [9.17, 15) is 9.18 Å². The molecule has 4 heteroatoms. The summed E-state index contributed by atoms with van der Waals surface area (Å²) in [5, 5.41) is -0.152. The Labute approximate surface area is 115 Å². The first-order valence-corrected chi connectivity index (χ1v) is 6.05. The molecule has 2 aromatic carbocycles. The van der Waals surface area contributed by atoms with E-state index in [-0.39, 0.29) is 16.4 Å². The lowest BCUT2D eigenvalue weighted by atomic mass is 10.0. The molecule has 0 unspecified atom stereocenters. The summed E-state index contributed by atoms with van der Waals surface area (Å²) in [6.07, 6.45) is 0. The van der Waals surface area contributed by atoms with Crippen LogP contribution in [0.5, 0.6) is 5.75 Å². The van der Waals surface area contributed by atoms with Crippen molar-refractivity contribution < 1.29 is 13.9 Å². The van der Waals surface area contributed by atoms with Gasteiger partial charge in [-0.3, -0.25) is 4.79 Å². The lowest BCUT2D eigenvalue weighted by Crippen LogP contribution is -2.04. The summed E-state index contributed by atoms with van der Waals surface area (Å²) in [5.41, 5.74) is 1.44. The molecular formula is C15H12ClFO2. The Morgan fingerprint density at radius 2 is 2.00 bits per heavy atom. The summed E-state index contributed by atoms with van der Waals surface area (Å²) in [7, 11) is 1.56. The van der Waals surface area contributed by atoms with Gasteiger partial charge in [0.05, 0.1) is 12.1 Å². The van der Waals surface area contributed by atoms with Gasteiger partial charge >= 0.3 is 0 Å². The van der Waals surface area contributed by atoms with Crippen LogP contribution in [0, 0.1) is 12.7 Å². The molecule has 0 aliphatic heterocycles. The molecule has 0 aromatic heterocycles. The smallest absolute Gasteiger partial charge is 0.194 e. The molecule has 0 fully saturated rings. The number of aryl methyl sites for hydroxylation is 1. The number of carbonyl (C=O) groups excluding carboxylic acids is 1. The van der Waals surface area contributed by atoms with Gasteiger partial charge in [-0.2, -0.15) is 0 Å². The molecule has 2 nitrogen and oxygen atoms in total. The van der Waals surface area contributed by atoms with Gasteiger partial charge in [0.1, 0.15) is 11.6 Å². The summed E-state index contributed by atoms with van der Waals surface area (Å²) in [5.74, 6) is -0.213. The maximum atomic E-state index is 13.3. The Balaban J connectivity index is 2.44. The fourth-order valence-corrected chi connectivity index (χ4v) is 2.07. The predicted octanol–water partition coefficient (Wildman–Crippen LogP) is 4.03. The largest absolute Gasteiger partial charge is 0.496 e. The fraction of sp³-hybridized carbons (Fsp3) is 0.133. The number of benzene rings is 2. The van der Waals surface area contributed by atoms with Crippen molar-refractivity contribution in [1.29, 1.82) is 0 Å². The van der Waals surface area contributed by atoms with Gasteiger partial charge in [0, 0.05) is 11.1 Å². The monoisotopic (exact) mass is 278 g/mol. The third-order valence-corrected chi connectivity index (χ3v) is 3.24. The highest BCUT2D eigenvalue weighted by atomic mass is 35.5. The standard InChI is InChI=1S/C15H12ClFO2/c1-9-8-10(6-7-13(9)19-2)15(18)11-4-3-5-12(17)14(11)16/h3-8H,1-2H3. The van der Waals surface area contributed by atoms with E-state index in [0.717, 1.165) is 5.56 Å². The number of rotatable bonds is 3. The van der Waals surface area contributed by atoms with Crippen molar-refractivity contribution in [1.82, 2.24) is 0 Å². The molecule has 0 amide bonds. The highest BCUT2D eigenvalue weighted by molar-refractivity contribution is 6.35. The van der Waals surface area contributed by atoms with E-state index in [2.05, 4.69) is 0 Å². The first-order valence-electron chi connectivity index (χ1n) is 5.68. The van der Waals surface area contributed by atoms with E-state index in [1.807, 2.05) is 6.92 Å². The van der Waals surface area contributed by atoms with Crippen molar-refractivity contribution in [2.24, 2.45) is 0 Å². The van der Waals surface area contributed by atoms with E-state index in [1.54, 1.807) is 25.3 Å². The van der Waals surface area contributed by atoms with Crippen molar-refractivity contribution in [3.05, 3.63) is 63.9 Å². The molecule has 0 saturated heterocycles. The van der Waals surface area contributed by atoms with Crippen molar-refractivity contribution >= 4 is 17.4 Å². The Hall–Kier alpha value is -1.87. The molecule has 0 aliphatic rings. The Kier molecular flexibility index (Phi) is 3.86. The Morgan fingerprint density at radius 1 is 1.26 bits per heavy atom. The molecule has 98 valence electrons. The van der Waals surface area contributed by atoms with Gasteiger partial charge in [-0.15, -0.1) is 0 Å². The van der Waals surface area contributed by atoms with Crippen LogP contribution in [0.25, 0.3) is 0 Å². The number of halogens is 2.